The third kappa shape index (κ3) is 4.38. The number of carbonyl (C=O) groups excluding carboxylic acids is 1. The van der Waals surface area contributed by atoms with E-state index in [1.54, 1.807) is 12.4 Å². The number of benzene rings is 1. The van der Waals surface area contributed by atoms with Crippen LogP contribution in [0.25, 0.3) is 22.2 Å². The van der Waals surface area contributed by atoms with E-state index >= 15 is 0 Å². The standard InChI is InChI=1S/C24H25N5O/c1-17(2)23-26-12-14-29(23)13-4-11-27-24(30)20-7-9-22(28-16-20)19-6-8-21-18(15-19)5-3-10-25-21/h3,5-10,12,14-17H,4,11,13H2,1-2H3,(H,27,30). The van der Waals surface area contributed by atoms with Crippen LogP contribution in [-0.2, 0) is 6.54 Å². The minimum Gasteiger partial charge on any atom is -0.352 e. The van der Waals surface area contributed by atoms with Gasteiger partial charge in [0.25, 0.3) is 5.91 Å². The van der Waals surface area contributed by atoms with Crippen molar-refractivity contribution in [2.75, 3.05) is 6.54 Å². The molecule has 1 aromatic carbocycles. The molecule has 1 amide bonds. The summed E-state index contributed by atoms with van der Waals surface area (Å²) in [4.78, 5) is 25.6. The molecule has 6 nitrogen and oxygen atoms in total. The Labute approximate surface area is 176 Å². The molecule has 0 bridgehead atoms. The molecule has 3 aromatic heterocycles. The summed E-state index contributed by atoms with van der Waals surface area (Å²) in [5.74, 6) is 1.36. The maximum Gasteiger partial charge on any atom is 0.252 e. The third-order valence-electron chi connectivity index (χ3n) is 5.05. The number of carbonyl (C=O) groups is 1. The molecule has 6 heteroatoms. The number of hydrogen-bond donors (Lipinski definition) is 1. The Kier molecular flexibility index (Phi) is 5.84. The molecule has 30 heavy (non-hydrogen) atoms. The molecule has 0 unspecified atom stereocenters. The Morgan fingerprint density at radius 3 is 2.77 bits per heavy atom. The number of hydrogen-bond acceptors (Lipinski definition) is 4. The van der Waals surface area contributed by atoms with Gasteiger partial charge in [-0.3, -0.25) is 14.8 Å². The number of imidazole rings is 1. The lowest BCUT2D eigenvalue weighted by atomic mass is 10.1. The van der Waals surface area contributed by atoms with Gasteiger partial charge in [0.15, 0.2) is 0 Å². The van der Waals surface area contributed by atoms with Crippen molar-refractivity contribution in [3.8, 4) is 11.3 Å². The van der Waals surface area contributed by atoms with Crippen molar-refractivity contribution >= 4 is 16.8 Å². The second-order valence-electron chi connectivity index (χ2n) is 7.59. The summed E-state index contributed by atoms with van der Waals surface area (Å²) in [5, 5.41) is 4.04. The predicted octanol–water partition coefficient (Wildman–Crippen LogP) is 4.44. The van der Waals surface area contributed by atoms with E-state index in [0.717, 1.165) is 41.0 Å². The fraction of sp³-hybridized carbons (Fsp3) is 0.250. The molecule has 0 spiro atoms. The van der Waals surface area contributed by atoms with Crippen molar-refractivity contribution in [3.05, 3.63) is 78.6 Å². The van der Waals surface area contributed by atoms with E-state index in [9.17, 15) is 4.79 Å². The molecule has 0 saturated heterocycles. The first-order chi connectivity index (χ1) is 14.6. The number of nitrogens with zero attached hydrogens (tertiary/aromatic N) is 4. The Morgan fingerprint density at radius 1 is 1.07 bits per heavy atom. The zero-order valence-electron chi connectivity index (χ0n) is 17.2. The van der Waals surface area contributed by atoms with E-state index in [1.165, 1.54) is 0 Å². The molecule has 1 N–H and O–H groups in total. The normalized spacial score (nSPS) is 11.2. The quantitative estimate of drug-likeness (QED) is 0.467. The van der Waals surface area contributed by atoms with Gasteiger partial charge in [-0.25, -0.2) is 4.98 Å². The van der Waals surface area contributed by atoms with Crippen molar-refractivity contribution in [3.63, 3.8) is 0 Å². The Balaban J connectivity index is 1.34. The van der Waals surface area contributed by atoms with E-state index in [4.69, 9.17) is 0 Å². The summed E-state index contributed by atoms with van der Waals surface area (Å²) >= 11 is 0. The smallest absolute Gasteiger partial charge is 0.252 e. The van der Waals surface area contributed by atoms with Crippen LogP contribution in [0.15, 0.2) is 67.3 Å². The second-order valence-corrected chi connectivity index (χ2v) is 7.59. The van der Waals surface area contributed by atoms with E-state index in [1.807, 2.05) is 48.8 Å². The van der Waals surface area contributed by atoms with Gasteiger partial charge in [0.05, 0.1) is 16.8 Å². The molecular formula is C24H25N5O. The Morgan fingerprint density at radius 2 is 1.97 bits per heavy atom. The number of aryl methyl sites for hydroxylation is 1. The van der Waals surface area contributed by atoms with Gasteiger partial charge in [0, 0.05) is 54.7 Å². The molecule has 0 aliphatic rings. The van der Waals surface area contributed by atoms with E-state index in [0.29, 0.717) is 18.0 Å². The molecule has 0 fully saturated rings. The fourth-order valence-electron chi connectivity index (χ4n) is 3.50. The van der Waals surface area contributed by atoms with Crippen LogP contribution < -0.4 is 5.32 Å². The fourth-order valence-corrected chi connectivity index (χ4v) is 3.50. The minimum absolute atomic E-state index is 0.105. The van der Waals surface area contributed by atoms with Crippen LogP contribution in [0, 0.1) is 0 Å². The van der Waals surface area contributed by atoms with Gasteiger partial charge in [-0.1, -0.05) is 26.0 Å². The predicted molar refractivity (Wildman–Crippen MR) is 118 cm³/mol. The van der Waals surface area contributed by atoms with Crippen LogP contribution in [0.2, 0.25) is 0 Å². The van der Waals surface area contributed by atoms with Crippen LogP contribution in [0.1, 0.15) is 42.4 Å². The van der Waals surface area contributed by atoms with Crippen LogP contribution in [0.5, 0.6) is 0 Å². The van der Waals surface area contributed by atoms with Crippen molar-refractivity contribution in [2.24, 2.45) is 0 Å². The molecule has 0 aliphatic heterocycles. The SMILES string of the molecule is CC(C)c1nccn1CCCNC(=O)c1ccc(-c2ccc3ncccc3c2)nc1. The lowest BCUT2D eigenvalue weighted by Gasteiger charge is -2.11. The number of nitrogens with one attached hydrogen (secondary N) is 1. The van der Waals surface area contributed by atoms with E-state index < -0.39 is 0 Å². The zero-order valence-corrected chi connectivity index (χ0v) is 17.2. The van der Waals surface area contributed by atoms with Gasteiger partial charge in [-0.2, -0.15) is 0 Å². The summed E-state index contributed by atoms with van der Waals surface area (Å²) in [6.07, 6.45) is 8.07. The van der Waals surface area contributed by atoms with Gasteiger partial charge in [-0.05, 0) is 36.8 Å². The maximum atomic E-state index is 12.4. The van der Waals surface area contributed by atoms with Crippen LogP contribution in [0.4, 0.5) is 0 Å². The van der Waals surface area contributed by atoms with Crippen LogP contribution in [0.3, 0.4) is 0 Å². The Bertz CT molecular complexity index is 1150. The number of pyridine rings is 2. The zero-order chi connectivity index (χ0) is 20.9. The highest BCUT2D eigenvalue weighted by Crippen LogP contribution is 2.22. The highest BCUT2D eigenvalue weighted by atomic mass is 16.1. The largest absolute Gasteiger partial charge is 0.352 e. The summed E-state index contributed by atoms with van der Waals surface area (Å²) in [5.41, 5.74) is 3.35. The van der Waals surface area contributed by atoms with Gasteiger partial charge in [-0.15, -0.1) is 0 Å². The number of rotatable bonds is 7. The summed E-state index contributed by atoms with van der Waals surface area (Å²) in [7, 11) is 0. The van der Waals surface area contributed by atoms with Crippen molar-refractivity contribution < 1.29 is 4.79 Å². The molecule has 4 aromatic rings. The maximum absolute atomic E-state index is 12.4. The second kappa shape index (κ2) is 8.86. The lowest BCUT2D eigenvalue weighted by molar-refractivity contribution is 0.0952. The molecule has 3 heterocycles. The highest BCUT2D eigenvalue weighted by molar-refractivity contribution is 5.94. The molecule has 0 saturated carbocycles. The number of amides is 1. The first kappa shape index (κ1) is 19.8. The molecule has 0 atom stereocenters. The van der Waals surface area contributed by atoms with Gasteiger partial charge < -0.3 is 9.88 Å². The van der Waals surface area contributed by atoms with E-state index in [-0.39, 0.29) is 5.91 Å². The highest BCUT2D eigenvalue weighted by Gasteiger charge is 2.09. The van der Waals surface area contributed by atoms with Crippen molar-refractivity contribution in [1.29, 1.82) is 0 Å². The first-order valence-electron chi connectivity index (χ1n) is 10.2. The lowest BCUT2D eigenvalue weighted by Crippen LogP contribution is -2.25. The molecule has 0 radical (unpaired) electrons. The molecule has 4 rings (SSSR count). The minimum atomic E-state index is -0.105. The van der Waals surface area contributed by atoms with Gasteiger partial charge in [0.1, 0.15) is 5.82 Å². The Hall–Kier alpha value is -3.54. The first-order valence-corrected chi connectivity index (χ1v) is 10.2. The van der Waals surface area contributed by atoms with Gasteiger partial charge >= 0.3 is 0 Å². The summed E-state index contributed by atoms with van der Waals surface area (Å²) in [6.45, 7) is 5.70. The van der Waals surface area contributed by atoms with Crippen molar-refractivity contribution in [2.45, 2.75) is 32.7 Å². The summed E-state index contributed by atoms with van der Waals surface area (Å²) < 4.78 is 2.15. The monoisotopic (exact) mass is 399 g/mol. The van der Waals surface area contributed by atoms with E-state index in [2.05, 4.69) is 44.7 Å². The molecular weight excluding hydrogens is 374 g/mol. The average molecular weight is 399 g/mol. The summed E-state index contributed by atoms with van der Waals surface area (Å²) in [6, 6.07) is 13.7. The molecule has 152 valence electrons. The van der Waals surface area contributed by atoms with Gasteiger partial charge in [0.2, 0.25) is 0 Å². The van der Waals surface area contributed by atoms with Crippen LogP contribution >= 0.6 is 0 Å². The molecule has 0 aliphatic carbocycles. The number of fused-ring (bicyclic) bond motifs is 1. The third-order valence-corrected chi connectivity index (χ3v) is 5.05. The topological polar surface area (TPSA) is 72.7 Å². The van der Waals surface area contributed by atoms with Crippen molar-refractivity contribution in [1.82, 2.24) is 24.8 Å². The average Bonchev–Trinajstić information content (AvgIpc) is 3.25. The number of aromatic nitrogens is 4. The van der Waals surface area contributed by atoms with Crippen LogP contribution in [-0.4, -0.2) is 32.0 Å².